The van der Waals surface area contributed by atoms with Gasteiger partial charge in [-0.3, -0.25) is 0 Å². The lowest BCUT2D eigenvalue weighted by molar-refractivity contribution is 0.429. The predicted octanol–water partition coefficient (Wildman–Crippen LogP) is 1.64. The van der Waals surface area contributed by atoms with E-state index in [1.807, 2.05) is 0 Å². The molecule has 7 nitrogen and oxygen atoms in total. The van der Waals surface area contributed by atoms with Crippen molar-refractivity contribution in [2.45, 2.75) is 4.90 Å². The second-order valence-corrected chi connectivity index (χ2v) is 5.48. The average Bonchev–Trinajstić information content (AvgIpc) is 3.10. The van der Waals surface area contributed by atoms with Crippen LogP contribution in [0.15, 0.2) is 56.7 Å². The lowest BCUT2D eigenvalue weighted by Gasteiger charge is -2.09. The van der Waals surface area contributed by atoms with Crippen molar-refractivity contribution in [2.24, 2.45) is 5.14 Å². The van der Waals surface area contributed by atoms with E-state index in [4.69, 9.17) is 14.2 Å². The van der Waals surface area contributed by atoms with Crippen LogP contribution < -0.4 is 5.14 Å². The fraction of sp³-hybridized carbons (Fsp3) is 0. The summed E-state index contributed by atoms with van der Waals surface area (Å²) in [5, 5.41) is 12.5. The molecular weight excluding hydrogens is 282 g/mol. The Morgan fingerprint density at radius 3 is 1.75 bits per heavy atom. The Hall–Kier alpha value is -2.45. The van der Waals surface area contributed by atoms with Crippen LogP contribution in [0.1, 0.15) is 0 Å². The number of hydrogen-bond acceptors (Lipinski definition) is 6. The number of nitrogens with two attached hydrogens (primary N) is 1. The van der Waals surface area contributed by atoms with Crippen LogP contribution in [0.4, 0.5) is 0 Å². The minimum absolute atomic E-state index is 0.0894. The molecule has 0 saturated carbocycles. The second kappa shape index (κ2) is 4.58. The molecule has 0 amide bonds. The number of sulfonamides is 1. The van der Waals surface area contributed by atoms with Crippen LogP contribution in [0, 0.1) is 0 Å². The first-order chi connectivity index (χ1) is 9.57. The number of rotatable bonds is 3. The molecule has 3 rings (SSSR count). The maximum absolute atomic E-state index is 11.9. The topological polar surface area (TPSA) is 112 Å². The van der Waals surface area contributed by atoms with Gasteiger partial charge in [-0.2, -0.15) is 0 Å². The van der Waals surface area contributed by atoms with Crippen molar-refractivity contribution in [1.29, 1.82) is 0 Å². The van der Waals surface area contributed by atoms with Gasteiger partial charge in [-0.25, -0.2) is 13.6 Å². The van der Waals surface area contributed by atoms with E-state index in [1.165, 1.54) is 12.4 Å². The molecule has 2 N–H and O–H groups in total. The smallest absolute Gasteiger partial charge is 0.239 e. The van der Waals surface area contributed by atoms with Gasteiger partial charge in [0.25, 0.3) is 0 Å². The normalized spacial score (nSPS) is 11.7. The molecule has 0 bridgehead atoms. The summed E-state index contributed by atoms with van der Waals surface area (Å²) in [6.45, 7) is 0. The summed E-state index contributed by atoms with van der Waals surface area (Å²) < 4.78 is 33.9. The van der Waals surface area contributed by atoms with Gasteiger partial charge in [0.2, 0.25) is 10.0 Å². The molecule has 8 heteroatoms. The number of nitrogens with zero attached hydrogens (tertiary/aromatic N) is 2. The van der Waals surface area contributed by atoms with Crippen LogP contribution in [0.3, 0.4) is 0 Å². The second-order valence-electron chi connectivity index (χ2n) is 3.98. The fourth-order valence-electron chi connectivity index (χ4n) is 1.94. The van der Waals surface area contributed by atoms with Crippen molar-refractivity contribution in [3.8, 4) is 22.6 Å². The van der Waals surface area contributed by atoms with Crippen molar-refractivity contribution in [3.63, 3.8) is 0 Å². The monoisotopic (exact) mass is 291 g/mol. The van der Waals surface area contributed by atoms with Gasteiger partial charge >= 0.3 is 0 Å². The van der Waals surface area contributed by atoms with Crippen LogP contribution in [0.25, 0.3) is 22.6 Å². The molecule has 3 aromatic rings. The molecule has 0 saturated heterocycles. The van der Waals surface area contributed by atoms with E-state index in [0.717, 1.165) is 0 Å². The molecule has 0 atom stereocenters. The molecule has 0 unspecified atom stereocenters. The van der Waals surface area contributed by atoms with Gasteiger partial charge in [0.1, 0.15) is 4.90 Å². The molecule has 0 aliphatic heterocycles. The van der Waals surface area contributed by atoms with E-state index < -0.39 is 10.0 Å². The highest BCUT2D eigenvalue weighted by Crippen LogP contribution is 2.34. The van der Waals surface area contributed by atoms with E-state index in [0.29, 0.717) is 22.6 Å². The summed E-state index contributed by atoms with van der Waals surface area (Å²) in [6.07, 6.45) is 2.84. The quantitative estimate of drug-likeness (QED) is 0.785. The molecule has 0 spiro atoms. The SMILES string of the molecule is NS(=O)(=O)c1c(-c2ccno2)cccc1-c1ccno1. The Balaban J connectivity index is 2.35. The summed E-state index contributed by atoms with van der Waals surface area (Å²) in [4.78, 5) is -0.0894. The molecule has 2 heterocycles. The summed E-state index contributed by atoms with van der Waals surface area (Å²) >= 11 is 0. The Morgan fingerprint density at radius 2 is 1.40 bits per heavy atom. The summed E-state index contributed by atoms with van der Waals surface area (Å²) in [5.74, 6) is 0.603. The fourth-order valence-corrected chi connectivity index (χ4v) is 2.89. The molecule has 1 aromatic carbocycles. The first-order valence-electron chi connectivity index (χ1n) is 5.55. The minimum atomic E-state index is -3.99. The molecular formula is C12H9N3O4S. The number of primary sulfonamides is 1. The predicted molar refractivity (Wildman–Crippen MR) is 68.8 cm³/mol. The highest BCUT2D eigenvalue weighted by molar-refractivity contribution is 7.89. The van der Waals surface area contributed by atoms with E-state index in [1.54, 1.807) is 30.3 Å². The Labute approximate surface area is 114 Å². The van der Waals surface area contributed by atoms with Gasteiger partial charge in [0.15, 0.2) is 11.5 Å². The third-order valence-corrected chi connectivity index (χ3v) is 3.71. The van der Waals surface area contributed by atoms with E-state index in [9.17, 15) is 8.42 Å². The highest BCUT2D eigenvalue weighted by Gasteiger charge is 2.24. The van der Waals surface area contributed by atoms with Crippen molar-refractivity contribution >= 4 is 10.0 Å². The van der Waals surface area contributed by atoms with Gasteiger partial charge < -0.3 is 9.05 Å². The van der Waals surface area contributed by atoms with Crippen LogP contribution in [-0.2, 0) is 10.0 Å². The van der Waals surface area contributed by atoms with Crippen molar-refractivity contribution in [3.05, 3.63) is 42.7 Å². The number of aromatic nitrogens is 2. The maximum atomic E-state index is 11.9. The summed E-state index contributed by atoms with van der Waals surface area (Å²) in [6, 6.07) is 7.94. The van der Waals surface area contributed by atoms with E-state index in [2.05, 4.69) is 10.3 Å². The third-order valence-electron chi connectivity index (χ3n) is 2.71. The zero-order valence-electron chi connectivity index (χ0n) is 10.1. The minimum Gasteiger partial charge on any atom is -0.356 e. The number of hydrogen-bond donors (Lipinski definition) is 1. The van der Waals surface area contributed by atoms with E-state index >= 15 is 0 Å². The lowest BCUT2D eigenvalue weighted by atomic mass is 10.1. The van der Waals surface area contributed by atoms with Crippen molar-refractivity contribution in [1.82, 2.24) is 10.3 Å². The first-order valence-corrected chi connectivity index (χ1v) is 7.10. The molecule has 0 fully saturated rings. The zero-order valence-corrected chi connectivity index (χ0v) is 10.9. The molecule has 0 radical (unpaired) electrons. The van der Waals surface area contributed by atoms with Gasteiger partial charge in [-0.15, -0.1) is 0 Å². The average molecular weight is 291 g/mol. The largest absolute Gasteiger partial charge is 0.356 e. The van der Waals surface area contributed by atoms with Gasteiger partial charge in [-0.05, 0) is 12.1 Å². The van der Waals surface area contributed by atoms with Crippen LogP contribution in [-0.4, -0.2) is 18.7 Å². The van der Waals surface area contributed by atoms with E-state index in [-0.39, 0.29) is 4.90 Å². The maximum Gasteiger partial charge on any atom is 0.239 e. The lowest BCUT2D eigenvalue weighted by Crippen LogP contribution is -2.14. The molecule has 0 aliphatic carbocycles. The summed E-state index contributed by atoms with van der Waals surface area (Å²) in [5.41, 5.74) is 0.637. The standard InChI is InChI=1S/C12H9N3O4S/c13-20(16,17)12-8(10-4-6-14-18-10)2-1-3-9(12)11-5-7-15-19-11/h1-7H,(H2,13,16,17). The molecule has 20 heavy (non-hydrogen) atoms. The van der Waals surface area contributed by atoms with Gasteiger partial charge in [0, 0.05) is 23.3 Å². The zero-order chi connectivity index (χ0) is 14.2. The molecule has 0 aliphatic rings. The molecule has 2 aromatic heterocycles. The van der Waals surface area contributed by atoms with Crippen LogP contribution >= 0.6 is 0 Å². The summed E-state index contributed by atoms with van der Waals surface area (Å²) in [7, 11) is -3.99. The Kier molecular flexibility index (Phi) is 2.88. The van der Waals surface area contributed by atoms with Crippen LogP contribution in [0.2, 0.25) is 0 Å². The van der Waals surface area contributed by atoms with Crippen molar-refractivity contribution in [2.75, 3.05) is 0 Å². The van der Waals surface area contributed by atoms with Gasteiger partial charge in [0.05, 0.1) is 12.4 Å². The molecule has 102 valence electrons. The Bertz CT molecular complexity index is 771. The first kappa shape index (κ1) is 12.6. The van der Waals surface area contributed by atoms with Crippen molar-refractivity contribution < 1.29 is 17.5 Å². The number of benzene rings is 1. The third kappa shape index (κ3) is 2.10. The Morgan fingerprint density at radius 1 is 0.900 bits per heavy atom. The van der Waals surface area contributed by atoms with Gasteiger partial charge in [-0.1, -0.05) is 16.4 Å². The van der Waals surface area contributed by atoms with Crippen LogP contribution in [0.5, 0.6) is 0 Å². The highest BCUT2D eigenvalue weighted by atomic mass is 32.2.